The Hall–Kier alpha value is -0.200. The molecule has 2 rings (SSSR count). The van der Waals surface area contributed by atoms with Crippen molar-refractivity contribution in [2.75, 3.05) is 40.4 Å². The molecule has 5 nitrogen and oxygen atoms in total. The standard InChI is InChI=1S/C54H108N2O3/c1-5-7-9-11-13-15-17-19-21-23-25-27-29-31-33-37-45-54(46-38-34-32-30-28-26-24-22-20-18-16-14-12-10-8-6-2)58-52(43-48-56(3)4)53(59-54)44-50-57-49-40-36-35-39-47-55-51-41-42-51/h51-53,55H,5-50H2,1-4H3. The van der Waals surface area contributed by atoms with Gasteiger partial charge in [-0.05, 0) is 72.0 Å². The van der Waals surface area contributed by atoms with E-state index in [1.54, 1.807) is 0 Å². The highest BCUT2D eigenvalue weighted by molar-refractivity contribution is 4.87. The van der Waals surface area contributed by atoms with Crippen molar-refractivity contribution in [1.82, 2.24) is 10.2 Å². The van der Waals surface area contributed by atoms with Gasteiger partial charge in [-0.3, -0.25) is 0 Å². The van der Waals surface area contributed by atoms with Crippen molar-refractivity contribution >= 4 is 0 Å². The molecule has 1 aliphatic carbocycles. The number of hydrogen-bond acceptors (Lipinski definition) is 5. The zero-order valence-corrected chi connectivity index (χ0v) is 40.9. The first-order valence-corrected chi connectivity index (χ1v) is 27.4. The second-order valence-corrected chi connectivity index (χ2v) is 20.0. The maximum absolute atomic E-state index is 7.11. The van der Waals surface area contributed by atoms with E-state index in [1.807, 2.05) is 0 Å². The van der Waals surface area contributed by atoms with E-state index in [9.17, 15) is 0 Å². The molecule has 2 unspecified atom stereocenters. The Labute approximate surface area is 371 Å². The highest BCUT2D eigenvalue weighted by atomic mass is 16.8. The smallest absolute Gasteiger partial charge is 0.169 e. The van der Waals surface area contributed by atoms with Crippen molar-refractivity contribution in [1.29, 1.82) is 0 Å². The third-order valence-electron chi connectivity index (χ3n) is 13.6. The first-order valence-electron chi connectivity index (χ1n) is 27.4. The summed E-state index contributed by atoms with van der Waals surface area (Å²) < 4.78 is 20.4. The van der Waals surface area contributed by atoms with Crippen LogP contribution in [0.15, 0.2) is 0 Å². The Morgan fingerprint density at radius 3 is 1.19 bits per heavy atom. The predicted molar refractivity (Wildman–Crippen MR) is 259 cm³/mol. The van der Waals surface area contributed by atoms with Crippen LogP contribution >= 0.6 is 0 Å². The Morgan fingerprint density at radius 1 is 0.441 bits per heavy atom. The summed E-state index contributed by atoms with van der Waals surface area (Å²) in [5, 5.41) is 3.65. The number of rotatable bonds is 48. The second-order valence-electron chi connectivity index (χ2n) is 20.0. The number of unbranched alkanes of at least 4 members (excludes halogenated alkanes) is 33. The van der Waals surface area contributed by atoms with Crippen LogP contribution in [0, 0.1) is 0 Å². The van der Waals surface area contributed by atoms with E-state index >= 15 is 0 Å². The molecule has 2 fully saturated rings. The minimum absolute atomic E-state index is 0.158. The zero-order chi connectivity index (χ0) is 42.2. The van der Waals surface area contributed by atoms with E-state index < -0.39 is 0 Å². The molecule has 0 aromatic rings. The lowest BCUT2D eigenvalue weighted by atomic mass is 9.98. The van der Waals surface area contributed by atoms with Crippen molar-refractivity contribution in [3.63, 3.8) is 0 Å². The Balaban J connectivity index is 1.68. The molecule has 5 heteroatoms. The molecule has 352 valence electrons. The molecule has 0 spiro atoms. The van der Waals surface area contributed by atoms with Crippen LogP contribution in [0.5, 0.6) is 0 Å². The lowest BCUT2D eigenvalue weighted by molar-refractivity contribution is -0.188. The summed E-state index contributed by atoms with van der Waals surface area (Å²) in [5.74, 6) is -0.387. The maximum atomic E-state index is 7.11. The first kappa shape index (κ1) is 54.9. The number of nitrogens with one attached hydrogen (secondary N) is 1. The van der Waals surface area contributed by atoms with Gasteiger partial charge in [0, 0.05) is 38.6 Å². The molecule has 1 saturated heterocycles. The molecule has 1 aliphatic heterocycles. The fourth-order valence-electron chi connectivity index (χ4n) is 9.43. The van der Waals surface area contributed by atoms with Crippen molar-refractivity contribution in [2.24, 2.45) is 0 Å². The van der Waals surface area contributed by atoms with Gasteiger partial charge in [0.2, 0.25) is 0 Å². The van der Waals surface area contributed by atoms with Crippen LogP contribution in [0.4, 0.5) is 0 Å². The molecule has 0 radical (unpaired) electrons. The Morgan fingerprint density at radius 2 is 0.797 bits per heavy atom. The molecule has 2 aliphatic rings. The van der Waals surface area contributed by atoms with E-state index in [0.29, 0.717) is 0 Å². The van der Waals surface area contributed by atoms with Gasteiger partial charge in [0.15, 0.2) is 5.79 Å². The van der Waals surface area contributed by atoms with Crippen LogP contribution in [-0.4, -0.2) is 69.3 Å². The first-order chi connectivity index (χ1) is 29.1. The van der Waals surface area contributed by atoms with Crippen molar-refractivity contribution in [2.45, 2.75) is 308 Å². The molecule has 2 atom stereocenters. The summed E-state index contributed by atoms with van der Waals surface area (Å²) in [6.45, 7) is 8.55. The summed E-state index contributed by atoms with van der Waals surface area (Å²) in [6.07, 6.45) is 57.5. The normalized spacial score (nSPS) is 17.8. The van der Waals surface area contributed by atoms with Gasteiger partial charge >= 0.3 is 0 Å². The summed E-state index contributed by atoms with van der Waals surface area (Å²) in [7, 11) is 4.38. The molecule has 0 amide bonds. The van der Waals surface area contributed by atoms with Crippen LogP contribution in [-0.2, 0) is 14.2 Å². The van der Waals surface area contributed by atoms with Crippen LogP contribution in [0.3, 0.4) is 0 Å². The van der Waals surface area contributed by atoms with Gasteiger partial charge < -0.3 is 24.4 Å². The van der Waals surface area contributed by atoms with E-state index in [4.69, 9.17) is 14.2 Å². The third kappa shape index (κ3) is 34.0. The van der Waals surface area contributed by atoms with Gasteiger partial charge in [0.25, 0.3) is 0 Å². The van der Waals surface area contributed by atoms with Gasteiger partial charge in [-0.2, -0.15) is 0 Å². The zero-order valence-electron chi connectivity index (χ0n) is 40.9. The molecule has 0 bridgehead atoms. The van der Waals surface area contributed by atoms with E-state index in [0.717, 1.165) is 51.5 Å². The Bertz CT molecular complexity index is 813. The molecule has 59 heavy (non-hydrogen) atoms. The molecule has 1 N–H and O–H groups in total. The average Bonchev–Trinajstić information content (AvgIpc) is 4.00. The van der Waals surface area contributed by atoms with Crippen LogP contribution in [0.25, 0.3) is 0 Å². The largest absolute Gasteiger partial charge is 0.381 e. The van der Waals surface area contributed by atoms with E-state index in [1.165, 1.54) is 251 Å². The van der Waals surface area contributed by atoms with E-state index in [2.05, 4.69) is 38.2 Å². The van der Waals surface area contributed by atoms with Crippen molar-refractivity contribution in [3.05, 3.63) is 0 Å². The Kier molecular flexibility index (Phi) is 37.8. The van der Waals surface area contributed by atoms with Crippen molar-refractivity contribution < 1.29 is 14.2 Å². The molecular formula is C54H108N2O3. The number of ether oxygens (including phenoxy) is 3. The third-order valence-corrected chi connectivity index (χ3v) is 13.6. The SMILES string of the molecule is CCCCCCCCCCCCCCCCCCC1(CCCCCCCCCCCCCCCCCC)OC(CCOCCCCCCNC2CC2)C(CCN(C)C)O1. The maximum Gasteiger partial charge on any atom is 0.169 e. The summed E-state index contributed by atoms with van der Waals surface area (Å²) in [4.78, 5) is 2.31. The lowest BCUT2D eigenvalue weighted by Gasteiger charge is -2.29. The van der Waals surface area contributed by atoms with Crippen LogP contribution < -0.4 is 5.32 Å². The fourth-order valence-corrected chi connectivity index (χ4v) is 9.43. The van der Waals surface area contributed by atoms with Gasteiger partial charge in [0.1, 0.15) is 0 Å². The lowest BCUT2D eigenvalue weighted by Crippen LogP contribution is -2.31. The highest BCUT2D eigenvalue weighted by Gasteiger charge is 2.46. The minimum atomic E-state index is -0.387. The number of hydrogen-bond donors (Lipinski definition) is 1. The molecular weight excluding hydrogens is 725 g/mol. The highest BCUT2D eigenvalue weighted by Crippen LogP contribution is 2.40. The number of nitrogens with zero attached hydrogens (tertiary/aromatic N) is 1. The monoisotopic (exact) mass is 833 g/mol. The summed E-state index contributed by atoms with van der Waals surface area (Å²) in [5.41, 5.74) is 0. The molecule has 0 aromatic heterocycles. The quantitative estimate of drug-likeness (QED) is 0.0619. The van der Waals surface area contributed by atoms with E-state index in [-0.39, 0.29) is 18.0 Å². The fraction of sp³-hybridized carbons (Fsp3) is 1.00. The molecule has 1 saturated carbocycles. The molecule has 1 heterocycles. The second kappa shape index (κ2) is 40.6. The van der Waals surface area contributed by atoms with Crippen molar-refractivity contribution in [3.8, 4) is 0 Å². The van der Waals surface area contributed by atoms with Crippen LogP contribution in [0.1, 0.15) is 284 Å². The van der Waals surface area contributed by atoms with Gasteiger partial charge in [0.05, 0.1) is 12.2 Å². The minimum Gasteiger partial charge on any atom is -0.381 e. The van der Waals surface area contributed by atoms with Gasteiger partial charge in [-0.25, -0.2) is 0 Å². The molecule has 0 aromatic carbocycles. The van der Waals surface area contributed by atoms with Gasteiger partial charge in [-0.1, -0.05) is 219 Å². The van der Waals surface area contributed by atoms with Gasteiger partial charge in [-0.15, -0.1) is 0 Å². The van der Waals surface area contributed by atoms with Crippen LogP contribution in [0.2, 0.25) is 0 Å². The topological polar surface area (TPSA) is 43.0 Å². The summed E-state index contributed by atoms with van der Waals surface area (Å²) in [6, 6.07) is 0.836. The summed E-state index contributed by atoms with van der Waals surface area (Å²) >= 11 is 0. The predicted octanol–water partition coefficient (Wildman–Crippen LogP) is 16.4. The average molecular weight is 833 g/mol.